The molecule has 0 N–H and O–H groups in total. The van der Waals surface area contributed by atoms with Gasteiger partial charge in [0.2, 0.25) is 0 Å². The van der Waals surface area contributed by atoms with Gasteiger partial charge >= 0.3 is 25.6 Å². The fourth-order valence-corrected chi connectivity index (χ4v) is 10.7. The Kier molecular flexibility index (Phi) is 26.7. The van der Waals surface area contributed by atoms with E-state index in [9.17, 15) is 13.2 Å². The van der Waals surface area contributed by atoms with E-state index in [1.54, 1.807) is 18.3 Å². The first-order chi connectivity index (χ1) is 33.9. The van der Waals surface area contributed by atoms with Gasteiger partial charge in [0.1, 0.15) is 0 Å². The van der Waals surface area contributed by atoms with Gasteiger partial charge in [-0.25, -0.2) is 14.5 Å². The summed E-state index contributed by atoms with van der Waals surface area (Å²) in [5.41, 5.74) is -1.30. The zero-order valence-corrected chi connectivity index (χ0v) is 43.8. The van der Waals surface area contributed by atoms with Crippen molar-refractivity contribution in [3.63, 3.8) is 0 Å². The van der Waals surface area contributed by atoms with Gasteiger partial charge in [0, 0.05) is 13.1 Å². The molecule has 0 saturated heterocycles. The van der Waals surface area contributed by atoms with Gasteiger partial charge in [-0.3, -0.25) is 6.58 Å². The monoisotopic (exact) mass is 1180 g/mol. The number of aromatic nitrogens is 1. The molecule has 1 heterocycles. The van der Waals surface area contributed by atoms with Crippen LogP contribution in [0.4, 0.5) is 13.2 Å². The van der Waals surface area contributed by atoms with Crippen molar-refractivity contribution >= 4 is 63.9 Å². The van der Waals surface area contributed by atoms with Crippen LogP contribution < -0.4 is 31.8 Å². The van der Waals surface area contributed by atoms with Crippen molar-refractivity contribution in [1.82, 2.24) is 4.98 Å². The van der Waals surface area contributed by atoms with Gasteiger partial charge in [0.25, 0.3) is 0 Å². The first-order valence-electron chi connectivity index (χ1n) is 21.6. The molecule has 9 aromatic rings. The Morgan fingerprint density at radius 3 is 1.08 bits per heavy atom. The Morgan fingerprint density at radius 2 is 0.845 bits per heavy atom. The van der Waals surface area contributed by atoms with Crippen molar-refractivity contribution in [3.05, 3.63) is 279 Å². The van der Waals surface area contributed by atoms with E-state index in [4.69, 9.17) is 24.8 Å². The second kappa shape index (κ2) is 32.3. The molecular weight excluding hydrogens is 1130 g/mol. The van der Waals surface area contributed by atoms with Crippen molar-refractivity contribution in [1.29, 1.82) is 5.26 Å². The van der Waals surface area contributed by atoms with Gasteiger partial charge in [-0.05, 0) is 66.4 Å². The quantitative estimate of drug-likeness (QED) is 0.0654. The number of halogens is 3. The molecule has 0 aliphatic heterocycles. The van der Waals surface area contributed by atoms with Gasteiger partial charge in [0.05, 0.1) is 6.07 Å². The smallest absolute Gasteiger partial charge is 0.741 e. The molecule has 0 spiro atoms. The molecule has 360 valence electrons. The number of hydrogen-bond donors (Lipinski definition) is 0. The molecule has 0 bridgehead atoms. The van der Waals surface area contributed by atoms with E-state index < -0.39 is 31.5 Å². The third kappa shape index (κ3) is 21.1. The summed E-state index contributed by atoms with van der Waals surface area (Å²) >= 11 is 0. The van der Waals surface area contributed by atoms with E-state index in [1.807, 2.05) is 66.7 Å². The van der Waals surface area contributed by atoms with Crippen molar-refractivity contribution in [2.75, 3.05) is 0 Å². The zero-order valence-electron chi connectivity index (χ0n) is 38.8. The molecule has 0 radical (unpaired) electrons. The van der Waals surface area contributed by atoms with Gasteiger partial charge < -0.3 is 9.54 Å². The molecule has 0 aliphatic carbocycles. The average molecular weight is 1180 g/mol. The van der Waals surface area contributed by atoms with Gasteiger partial charge in [-0.1, -0.05) is 212 Å². The molecule has 8 aromatic carbocycles. The molecule has 5 nitrogen and oxygen atoms in total. The maximum absolute atomic E-state index is 10.7. The molecule has 0 fully saturated rings. The Hall–Kier alpha value is -6.65. The summed E-state index contributed by atoms with van der Waals surface area (Å²) in [5, 5.41) is 15.7. The number of nitriles is 1. The number of nitrogens with zero attached hydrogens (tertiary/aromatic N) is 2. The fraction of sp³-hybridized carbons (Fsp3) is 0.0508. The predicted molar refractivity (Wildman–Crippen MR) is 286 cm³/mol. The zero-order chi connectivity index (χ0) is 50.5. The van der Waals surface area contributed by atoms with Gasteiger partial charge in [-0.2, -0.15) is 24.0 Å². The third-order valence-electron chi connectivity index (χ3n) is 9.29. The molecule has 0 saturated carbocycles. The van der Waals surface area contributed by atoms with E-state index >= 15 is 0 Å². The van der Waals surface area contributed by atoms with Crippen LogP contribution in [0.2, 0.25) is 0 Å². The molecule has 1 aromatic heterocycles. The third-order valence-corrected chi connectivity index (χ3v) is 14.7. The second-order valence-electron chi connectivity index (χ2n) is 14.4. The van der Waals surface area contributed by atoms with Crippen LogP contribution in [0.5, 0.6) is 0 Å². The Morgan fingerprint density at radius 1 is 0.549 bits per heavy atom. The minimum absolute atomic E-state index is 0. The van der Waals surface area contributed by atoms with E-state index in [2.05, 4.69) is 200 Å². The number of aryl methyl sites for hydroxylation is 1. The predicted octanol–water partition coefficient (Wildman–Crippen LogP) is 12.5. The van der Waals surface area contributed by atoms with Gasteiger partial charge in [-0.15, -0.1) is 48.0 Å². The number of hydrogen-bond acceptors (Lipinski definition) is 5. The van der Waals surface area contributed by atoms with Crippen LogP contribution in [-0.4, -0.2) is 23.5 Å². The second-order valence-corrected chi connectivity index (χ2v) is 20.2. The van der Waals surface area contributed by atoms with E-state index in [0.717, 1.165) is 16.8 Å². The molecule has 0 unspecified atom stereocenters. The molecule has 0 amide bonds. The van der Waals surface area contributed by atoms with Crippen LogP contribution >= 0.6 is 15.8 Å². The van der Waals surface area contributed by atoms with Crippen LogP contribution in [0.3, 0.4) is 0 Å². The number of pyridine rings is 1. The van der Waals surface area contributed by atoms with Crippen LogP contribution in [0.15, 0.2) is 255 Å². The van der Waals surface area contributed by atoms with Gasteiger partial charge in [0.15, 0.2) is 10.1 Å². The molecular formula is C59H50F3IrN2O3P2S. The van der Waals surface area contributed by atoms with Crippen molar-refractivity contribution in [3.8, 4) is 17.3 Å². The summed E-state index contributed by atoms with van der Waals surface area (Å²) in [5.74, 6) is 0. The molecule has 9 rings (SSSR count). The van der Waals surface area contributed by atoms with Crippen LogP contribution in [0.1, 0.15) is 18.1 Å². The summed E-state index contributed by atoms with van der Waals surface area (Å²) in [7, 11) is -6.98. The Balaban J connectivity index is 0.000000240. The first kappa shape index (κ1) is 58.7. The minimum Gasteiger partial charge on any atom is -0.741 e. The van der Waals surface area contributed by atoms with E-state index in [1.165, 1.54) is 44.3 Å². The molecule has 71 heavy (non-hydrogen) atoms. The number of rotatable bonds is 8. The number of alkyl halides is 3. The minimum atomic E-state index is -6.09. The maximum Gasteiger partial charge on any atom is 3.00 e. The largest absolute Gasteiger partial charge is 3.00 e. The van der Waals surface area contributed by atoms with Crippen molar-refractivity contribution in [2.45, 2.75) is 19.4 Å². The topological polar surface area (TPSA) is 93.9 Å². The Labute approximate surface area is 433 Å². The maximum atomic E-state index is 10.7. The summed E-state index contributed by atoms with van der Waals surface area (Å²) in [4.78, 5) is 4.22. The average Bonchev–Trinajstić information content (AvgIpc) is 3.40. The Bertz CT molecular complexity index is 2620. The van der Waals surface area contributed by atoms with Crippen molar-refractivity contribution < 1.29 is 46.2 Å². The first-order valence-corrected chi connectivity index (χ1v) is 25.7. The van der Waals surface area contributed by atoms with Crippen molar-refractivity contribution in [2.24, 2.45) is 0 Å². The van der Waals surface area contributed by atoms with Crippen LogP contribution in [-0.2, 0) is 30.2 Å². The SMILES string of the molecule is CC#N.O=S(=O)([O-])C(F)(F)F.[CH-]=Cc1ccc(C)cc1.[Ir+3].[c-]1ccccc1-c1ccccn1.c1ccc(P(c2ccccc2)c2ccccc2)cc1.c1ccc(P(c2ccccc2)c2ccccc2)cc1. The summed E-state index contributed by atoms with van der Waals surface area (Å²) < 4.78 is 58.9. The molecule has 0 aliphatic rings. The van der Waals surface area contributed by atoms with Crippen LogP contribution in [0.25, 0.3) is 17.3 Å². The van der Waals surface area contributed by atoms with Crippen LogP contribution in [0, 0.1) is 30.9 Å². The fourth-order valence-electron chi connectivity index (χ4n) is 6.11. The summed E-state index contributed by atoms with van der Waals surface area (Å²) in [6, 6.07) is 91.3. The standard InChI is InChI=1S/2C18H15P.C11H8N.C9H9.C2H3N.CHF3O3S.Ir/c2*1-4-10-16(11-5-1)19(17-12-6-2-7-13-17)18-14-8-3-9-15-18;1-2-6-10(7-3-1)11-8-4-5-9-12-11;1-3-9-6-4-8(2)5-7-9;1-2-3;2-1(3,4)8(5,6)7;/h2*1-15H;1-6,8-9H;1,3-7H,2H3;1H3;(H,5,6,7);/q;;2*-1;;;+3/p-1. The van der Waals surface area contributed by atoms with E-state index in [0.29, 0.717) is 0 Å². The summed E-state index contributed by atoms with van der Waals surface area (Å²) in [6.45, 7) is 8.76. The number of benzene rings is 8. The molecule has 12 heteroatoms. The molecule has 0 atom stereocenters. The van der Waals surface area contributed by atoms with E-state index in [-0.39, 0.29) is 20.1 Å². The normalized spacial score (nSPS) is 10.1. The summed E-state index contributed by atoms with van der Waals surface area (Å²) in [6.07, 6.45) is 3.38.